The van der Waals surface area contributed by atoms with Crippen LogP contribution in [0.2, 0.25) is 0 Å². The Hall–Kier alpha value is -1.47. The molecule has 0 saturated carbocycles. The molecule has 0 unspecified atom stereocenters. The number of hydrogen-bond acceptors (Lipinski definition) is 3. The summed E-state index contributed by atoms with van der Waals surface area (Å²) in [7, 11) is 0. The molecule has 0 aliphatic heterocycles. The summed E-state index contributed by atoms with van der Waals surface area (Å²) in [6.45, 7) is 4.29. The van der Waals surface area contributed by atoms with Crippen molar-refractivity contribution in [3.63, 3.8) is 0 Å². The van der Waals surface area contributed by atoms with Crippen LogP contribution in [-0.4, -0.2) is 14.7 Å². The van der Waals surface area contributed by atoms with Gasteiger partial charge in [0.15, 0.2) is 4.77 Å². The zero-order valence-corrected chi connectivity index (χ0v) is 13.2. The first kappa shape index (κ1) is 13.5. The predicted molar refractivity (Wildman–Crippen MR) is 79.9 cm³/mol. The number of aryl methyl sites for hydroxylation is 2. The average Bonchev–Trinajstić information content (AvgIpc) is 2.85. The molecule has 2 heterocycles. The van der Waals surface area contributed by atoms with Crippen molar-refractivity contribution in [1.29, 1.82) is 0 Å². The maximum Gasteiger partial charge on any atom is 0.178 e. The Labute approximate surface area is 127 Å². The number of aromatic amines is 1. The molecule has 0 fully saturated rings. The molecule has 1 aromatic carbocycles. The fraction of sp³-hybridized carbons (Fsp3) is 0.231. The summed E-state index contributed by atoms with van der Waals surface area (Å²) in [5.74, 6) is 0.443. The van der Waals surface area contributed by atoms with Gasteiger partial charge in [-0.15, -0.1) is 0 Å². The molecule has 2 aromatic heterocycles. The van der Waals surface area contributed by atoms with Crippen molar-refractivity contribution in [2.24, 2.45) is 0 Å². The fourth-order valence-electron chi connectivity index (χ4n) is 2.19. The van der Waals surface area contributed by atoms with E-state index in [2.05, 4.69) is 26.1 Å². The number of imidazole rings is 1. The van der Waals surface area contributed by atoms with Crippen LogP contribution in [0.25, 0.3) is 11.0 Å². The number of halogens is 2. The Morgan fingerprint density at radius 2 is 2.20 bits per heavy atom. The van der Waals surface area contributed by atoms with Crippen molar-refractivity contribution in [1.82, 2.24) is 14.7 Å². The largest absolute Gasteiger partial charge is 0.361 e. The van der Waals surface area contributed by atoms with Gasteiger partial charge in [-0.2, -0.15) is 0 Å². The van der Waals surface area contributed by atoms with Gasteiger partial charge in [-0.1, -0.05) is 5.16 Å². The maximum absolute atomic E-state index is 13.6. The minimum absolute atomic E-state index is 0.321. The Balaban J connectivity index is 2.19. The fourth-order valence-corrected chi connectivity index (χ4v) is 2.80. The van der Waals surface area contributed by atoms with E-state index in [9.17, 15) is 4.39 Å². The van der Waals surface area contributed by atoms with Gasteiger partial charge in [0.2, 0.25) is 0 Å². The number of benzene rings is 1. The summed E-state index contributed by atoms with van der Waals surface area (Å²) in [6.07, 6.45) is 0. The van der Waals surface area contributed by atoms with Crippen molar-refractivity contribution >= 4 is 39.2 Å². The summed E-state index contributed by atoms with van der Waals surface area (Å²) in [4.78, 5) is 3.01. The van der Waals surface area contributed by atoms with Crippen LogP contribution >= 0.6 is 28.1 Å². The molecule has 104 valence electrons. The minimum Gasteiger partial charge on any atom is -0.361 e. The molecule has 20 heavy (non-hydrogen) atoms. The molecular formula is C13H11BrFN3OS. The van der Waals surface area contributed by atoms with Crippen molar-refractivity contribution in [3.8, 4) is 0 Å². The van der Waals surface area contributed by atoms with Crippen LogP contribution in [0.1, 0.15) is 17.0 Å². The maximum atomic E-state index is 13.6. The van der Waals surface area contributed by atoms with E-state index in [1.54, 1.807) is 6.07 Å². The Morgan fingerprint density at radius 1 is 1.45 bits per heavy atom. The molecular weight excluding hydrogens is 345 g/mol. The van der Waals surface area contributed by atoms with Gasteiger partial charge in [0, 0.05) is 11.6 Å². The highest BCUT2D eigenvalue weighted by molar-refractivity contribution is 9.10. The van der Waals surface area contributed by atoms with E-state index in [0.717, 1.165) is 22.5 Å². The lowest BCUT2D eigenvalue weighted by atomic mass is 10.2. The quantitative estimate of drug-likeness (QED) is 0.698. The zero-order valence-electron chi connectivity index (χ0n) is 10.8. The highest BCUT2D eigenvalue weighted by atomic mass is 79.9. The second-order valence-corrected chi connectivity index (χ2v) is 5.84. The van der Waals surface area contributed by atoms with Crippen molar-refractivity contribution in [3.05, 3.63) is 44.2 Å². The first-order valence-corrected chi connectivity index (χ1v) is 7.17. The van der Waals surface area contributed by atoms with Crippen LogP contribution in [0, 0.1) is 24.4 Å². The van der Waals surface area contributed by atoms with Gasteiger partial charge in [-0.05, 0) is 48.1 Å². The third kappa shape index (κ3) is 2.10. The standard InChI is InChI=1S/C13H11BrFN3OS/c1-6-8(7(2)19-17-6)5-18-12-3-9(14)10(15)4-11(12)16-13(18)20/h3-4H,5H2,1-2H3,(H,16,20). The summed E-state index contributed by atoms with van der Waals surface area (Å²) >= 11 is 8.52. The Morgan fingerprint density at radius 3 is 2.85 bits per heavy atom. The molecule has 0 bridgehead atoms. The van der Waals surface area contributed by atoms with E-state index in [4.69, 9.17) is 16.7 Å². The highest BCUT2D eigenvalue weighted by Gasteiger charge is 2.14. The zero-order chi connectivity index (χ0) is 14.4. The smallest absolute Gasteiger partial charge is 0.178 e. The number of nitrogens with one attached hydrogen (secondary N) is 1. The Kier molecular flexibility index (Phi) is 3.25. The number of H-pyrrole nitrogens is 1. The molecule has 0 atom stereocenters. The summed E-state index contributed by atoms with van der Waals surface area (Å²) < 4.78 is 21.6. The molecule has 7 heteroatoms. The van der Waals surface area contributed by atoms with Crippen LogP contribution < -0.4 is 0 Å². The van der Waals surface area contributed by atoms with Crippen molar-refractivity contribution in [2.45, 2.75) is 20.4 Å². The lowest BCUT2D eigenvalue weighted by molar-refractivity contribution is 0.392. The van der Waals surface area contributed by atoms with E-state index in [1.807, 2.05) is 18.4 Å². The first-order valence-electron chi connectivity index (χ1n) is 5.96. The molecule has 0 amide bonds. The number of rotatable bonds is 2. The lowest BCUT2D eigenvalue weighted by Crippen LogP contribution is -2.01. The molecule has 0 aliphatic carbocycles. The van der Waals surface area contributed by atoms with Gasteiger partial charge in [-0.3, -0.25) is 0 Å². The van der Waals surface area contributed by atoms with E-state index < -0.39 is 0 Å². The molecule has 3 aromatic rings. The summed E-state index contributed by atoms with van der Waals surface area (Å²) in [6, 6.07) is 3.15. The van der Waals surface area contributed by atoms with Gasteiger partial charge in [0.1, 0.15) is 11.6 Å². The Bertz CT molecular complexity index is 845. The molecule has 0 radical (unpaired) electrons. The lowest BCUT2D eigenvalue weighted by Gasteiger charge is -2.04. The van der Waals surface area contributed by atoms with Gasteiger partial charge < -0.3 is 14.1 Å². The molecule has 0 spiro atoms. The predicted octanol–water partition coefficient (Wildman–Crippen LogP) is 4.25. The molecule has 0 saturated heterocycles. The van der Waals surface area contributed by atoms with Crippen LogP contribution in [0.3, 0.4) is 0 Å². The van der Waals surface area contributed by atoms with Gasteiger partial charge in [0.25, 0.3) is 0 Å². The SMILES string of the molecule is Cc1noc(C)c1Cn1c(=S)[nH]c2cc(F)c(Br)cc21. The molecule has 3 rings (SSSR count). The van der Waals surface area contributed by atoms with E-state index >= 15 is 0 Å². The normalized spacial score (nSPS) is 11.4. The van der Waals surface area contributed by atoms with Crippen molar-refractivity contribution < 1.29 is 8.91 Å². The number of hydrogen-bond donors (Lipinski definition) is 1. The van der Waals surface area contributed by atoms with E-state index in [-0.39, 0.29) is 5.82 Å². The summed E-state index contributed by atoms with van der Waals surface area (Å²) in [5, 5.41) is 3.94. The number of fused-ring (bicyclic) bond motifs is 1. The average molecular weight is 356 g/mol. The van der Waals surface area contributed by atoms with E-state index in [0.29, 0.717) is 21.3 Å². The van der Waals surface area contributed by atoms with Crippen LogP contribution in [0.4, 0.5) is 4.39 Å². The second-order valence-electron chi connectivity index (χ2n) is 4.60. The molecule has 0 aliphatic rings. The number of aromatic nitrogens is 3. The molecule has 4 nitrogen and oxygen atoms in total. The van der Waals surface area contributed by atoms with Crippen LogP contribution in [-0.2, 0) is 6.54 Å². The van der Waals surface area contributed by atoms with Gasteiger partial charge in [0.05, 0.1) is 27.7 Å². The summed E-state index contributed by atoms with van der Waals surface area (Å²) in [5.41, 5.74) is 3.33. The number of nitrogens with zero attached hydrogens (tertiary/aromatic N) is 2. The van der Waals surface area contributed by atoms with Crippen molar-refractivity contribution in [2.75, 3.05) is 0 Å². The third-order valence-corrected chi connectivity index (χ3v) is 4.24. The van der Waals surface area contributed by atoms with Gasteiger partial charge >= 0.3 is 0 Å². The highest BCUT2D eigenvalue weighted by Crippen LogP contribution is 2.25. The van der Waals surface area contributed by atoms with Crippen LogP contribution in [0.5, 0.6) is 0 Å². The topological polar surface area (TPSA) is 46.8 Å². The monoisotopic (exact) mass is 355 g/mol. The molecule has 1 N–H and O–H groups in total. The minimum atomic E-state index is -0.321. The van der Waals surface area contributed by atoms with Crippen LogP contribution in [0.15, 0.2) is 21.1 Å². The van der Waals surface area contributed by atoms with E-state index in [1.165, 1.54) is 6.07 Å². The first-order chi connectivity index (χ1) is 9.47. The second kappa shape index (κ2) is 4.82. The third-order valence-electron chi connectivity index (χ3n) is 3.31. The van der Waals surface area contributed by atoms with Gasteiger partial charge in [-0.25, -0.2) is 4.39 Å².